The number of likely N-dealkylation sites (tertiary alicyclic amines) is 1. The summed E-state index contributed by atoms with van der Waals surface area (Å²) >= 11 is 1.53. The van der Waals surface area contributed by atoms with Crippen molar-refractivity contribution < 1.29 is 14.3 Å². The van der Waals surface area contributed by atoms with Crippen molar-refractivity contribution in [3.8, 4) is 10.6 Å². The molecular weight excluding hydrogens is 376 g/mol. The molecule has 0 aliphatic carbocycles. The quantitative estimate of drug-likeness (QED) is 0.853. The molecule has 7 nitrogen and oxygen atoms in total. The fourth-order valence-corrected chi connectivity index (χ4v) is 4.43. The molecule has 1 N–H and O–H groups in total. The molecule has 0 saturated carbocycles. The number of piperidine rings is 1. The van der Waals surface area contributed by atoms with Crippen LogP contribution in [0.3, 0.4) is 0 Å². The van der Waals surface area contributed by atoms with Crippen LogP contribution in [0.5, 0.6) is 0 Å². The lowest BCUT2D eigenvalue weighted by atomic mass is 9.94. The van der Waals surface area contributed by atoms with Crippen LogP contribution in [0.15, 0.2) is 24.3 Å². The van der Waals surface area contributed by atoms with Crippen LogP contribution < -0.4 is 5.32 Å². The molecule has 0 bridgehead atoms. The number of ether oxygens (including phenoxy) is 1. The summed E-state index contributed by atoms with van der Waals surface area (Å²) in [5, 5.41) is 13.0. The largest absolute Gasteiger partial charge is 0.381 e. The third-order valence-corrected chi connectivity index (χ3v) is 6.25. The van der Waals surface area contributed by atoms with Crippen molar-refractivity contribution in [2.24, 2.45) is 11.8 Å². The van der Waals surface area contributed by atoms with Gasteiger partial charge in [0.1, 0.15) is 10.0 Å². The van der Waals surface area contributed by atoms with Crippen LogP contribution >= 0.6 is 11.3 Å². The molecule has 2 aliphatic rings. The molecule has 28 heavy (non-hydrogen) atoms. The van der Waals surface area contributed by atoms with Crippen LogP contribution in [0.1, 0.15) is 24.3 Å². The van der Waals surface area contributed by atoms with Gasteiger partial charge in [-0.3, -0.25) is 9.59 Å². The smallest absolute Gasteiger partial charge is 0.228 e. The maximum atomic E-state index is 12.7. The Labute approximate surface area is 168 Å². The Balaban J connectivity index is 1.33. The van der Waals surface area contributed by atoms with Crippen molar-refractivity contribution in [3.05, 3.63) is 29.3 Å². The van der Waals surface area contributed by atoms with Crippen molar-refractivity contribution in [3.63, 3.8) is 0 Å². The van der Waals surface area contributed by atoms with Gasteiger partial charge in [0.2, 0.25) is 11.8 Å². The zero-order chi connectivity index (χ0) is 19.5. The number of hydrogen-bond donors (Lipinski definition) is 1. The molecule has 3 heterocycles. The average molecular weight is 401 g/mol. The van der Waals surface area contributed by atoms with Gasteiger partial charge in [0, 0.05) is 36.9 Å². The molecule has 2 amide bonds. The second kappa shape index (κ2) is 8.36. The van der Waals surface area contributed by atoms with Gasteiger partial charge >= 0.3 is 0 Å². The Morgan fingerprint density at radius 3 is 2.68 bits per heavy atom. The van der Waals surface area contributed by atoms with E-state index in [4.69, 9.17) is 4.74 Å². The number of anilines is 1. The fraction of sp³-hybridized carbons (Fsp3) is 0.500. The highest BCUT2D eigenvalue weighted by molar-refractivity contribution is 7.14. The molecule has 1 aromatic heterocycles. The van der Waals surface area contributed by atoms with Gasteiger partial charge in [0.05, 0.1) is 12.5 Å². The van der Waals surface area contributed by atoms with E-state index in [1.165, 1.54) is 11.3 Å². The molecule has 8 heteroatoms. The molecule has 1 atom stereocenters. The molecule has 148 valence electrons. The molecule has 0 unspecified atom stereocenters. The fourth-order valence-electron chi connectivity index (χ4n) is 3.74. The van der Waals surface area contributed by atoms with Gasteiger partial charge in [-0.1, -0.05) is 23.5 Å². The number of aromatic nitrogens is 2. The van der Waals surface area contributed by atoms with Gasteiger partial charge in [-0.05, 0) is 38.3 Å². The van der Waals surface area contributed by atoms with Crippen LogP contribution in [-0.4, -0.2) is 53.2 Å². The summed E-state index contributed by atoms with van der Waals surface area (Å²) < 4.78 is 5.32. The van der Waals surface area contributed by atoms with Gasteiger partial charge in [0.15, 0.2) is 0 Å². The third kappa shape index (κ3) is 4.23. The highest BCUT2D eigenvalue weighted by atomic mass is 32.1. The molecule has 2 aliphatic heterocycles. The molecule has 2 fully saturated rings. The summed E-state index contributed by atoms with van der Waals surface area (Å²) in [5.41, 5.74) is 1.71. The Kier molecular flexibility index (Phi) is 5.68. The predicted molar refractivity (Wildman–Crippen MR) is 107 cm³/mol. The lowest BCUT2D eigenvalue weighted by Crippen LogP contribution is -2.44. The first-order valence-electron chi connectivity index (χ1n) is 9.68. The molecule has 2 saturated heterocycles. The normalized spacial score (nSPS) is 20.3. The third-order valence-electron chi connectivity index (χ3n) is 5.36. The lowest BCUT2D eigenvalue weighted by Gasteiger charge is -2.32. The second-order valence-corrected chi connectivity index (χ2v) is 8.54. The highest BCUT2D eigenvalue weighted by Gasteiger charge is 2.32. The van der Waals surface area contributed by atoms with Crippen LogP contribution in [0.25, 0.3) is 10.6 Å². The monoisotopic (exact) mass is 400 g/mol. The number of carbonyl (C=O) groups is 2. The van der Waals surface area contributed by atoms with E-state index >= 15 is 0 Å². The van der Waals surface area contributed by atoms with E-state index in [0.29, 0.717) is 39.1 Å². The zero-order valence-corrected chi connectivity index (χ0v) is 16.7. The van der Waals surface area contributed by atoms with Crippen molar-refractivity contribution in [1.29, 1.82) is 0 Å². The first-order valence-corrected chi connectivity index (χ1v) is 10.5. The van der Waals surface area contributed by atoms with E-state index < -0.39 is 0 Å². The molecule has 1 aromatic carbocycles. The standard InChI is InChI=1S/C20H24N4O3S/c1-13-22-23-19(28-13)15-3-2-4-17(11-15)21-18(25)14-5-8-24(9-6-14)20(26)16-7-10-27-12-16/h2-4,11,14,16H,5-10,12H2,1H3,(H,21,25)/t16-/m0/s1. The summed E-state index contributed by atoms with van der Waals surface area (Å²) in [6, 6.07) is 7.68. The van der Waals surface area contributed by atoms with E-state index in [1.54, 1.807) is 0 Å². The first-order chi connectivity index (χ1) is 13.6. The zero-order valence-electron chi connectivity index (χ0n) is 15.9. The van der Waals surface area contributed by atoms with E-state index in [1.807, 2.05) is 36.1 Å². The minimum atomic E-state index is -0.0729. The number of rotatable bonds is 4. The van der Waals surface area contributed by atoms with E-state index in [9.17, 15) is 9.59 Å². The van der Waals surface area contributed by atoms with Crippen LogP contribution in [0.2, 0.25) is 0 Å². The molecule has 4 rings (SSSR count). The number of benzene rings is 1. The van der Waals surface area contributed by atoms with E-state index in [-0.39, 0.29) is 23.7 Å². The van der Waals surface area contributed by atoms with Crippen LogP contribution in [0.4, 0.5) is 5.69 Å². The number of nitrogens with one attached hydrogen (secondary N) is 1. The second-order valence-electron chi connectivity index (χ2n) is 7.36. The van der Waals surface area contributed by atoms with Crippen molar-refractivity contribution in [2.45, 2.75) is 26.2 Å². The van der Waals surface area contributed by atoms with Gasteiger partial charge < -0.3 is 15.0 Å². The molecule has 0 radical (unpaired) electrons. The van der Waals surface area contributed by atoms with Crippen molar-refractivity contribution in [1.82, 2.24) is 15.1 Å². The van der Waals surface area contributed by atoms with Crippen LogP contribution in [0, 0.1) is 18.8 Å². The number of hydrogen-bond acceptors (Lipinski definition) is 6. The van der Waals surface area contributed by atoms with Gasteiger partial charge in [0.25, 0.3) is 0 Å². The summed E-state index contributed by atoms with van der Waals surface area (Å²) in [4.78, 5) is 27.1. The number of amides is 2. The van der Waals surface area contributed by atoms with Crippen molar-refractivity contribution in [2.75, 3.05) is 31.6 Å². The first kappa shape index (κ1) is 19.0. The summed E-state index contributed by atoms with van der Waals surface area (Å²) in [5.74, 6) is 0.117. The maximum Gasteiger partial charge on any atom is 0.228 e. The van der Waals surface area contributed by atoms with Gasteiger partial charge in [-0.2, -0.15) is 0 Å². The van der Waals surface area contributed by atoms with Crippen LogP contribution in [-0.2, 0) is 14.3 Å². The molecular formula is C20H24N4O3S. The van der Waals surface area contributed by atoms with E-state index in [2.05, 4.69) is 15.5 Å². The topological polar surface area (TPSA) is 84.4 Å². The molecule has 2 aromatic rings. The number of aryl methyl sites for hydroxylation is 1. The summed E-state index contributed by atoms with van der Waals surface area (Å²) in [6.07, 6.45) is 2.20. The van der Waals surface area contributed by atoms with E-state index in [0.717, 1.165) is 27.7 Å². The maximum absolute atomic E-state index is 12.7. The Hall–Kier alpha value is -2.32. The Morgan fingerprint density at radius 1 is 1.18 bits per heavy atom. The lowest BCUT2D eigenvalue weighted by molar-refractivity contribution is -0.138. The summed E-state index contributed by atoms with van der Waals surface area (Å²) in [7, 11) is 0. The summed E-state index contributed by atoms with van der Waals surface area (Å²) in [6.45, 7) is 4.40. The highest BCUT2D eigenvalue weighted by Crippen LogP contribution is 2.27. The minimum absolute atomic E-state index is 0.00268. The Morgan fingerprint density at radius 2 is 2.00 bits per heavy atom. The van der Waals surface area contributed by atoms with Gasteiger partial charge in [-0.15, -0.1) is 10.2 Å². The number of nitrogens with zero attached hydrogens (tertiary/aromatic N) is 3. The average Bonchev–Trinajstić information content (AvgIpc) is 3.40. The SMILES string of the molecule is Cc1nnc(-c2cccc(NC(=O)C3CCN(C(=O)[C@H]4CCOC4)CC3)c2)s1. The van der Waals surface area contributed by atoms with Gasteiger partial charge in [-0.25, -0.2) is 0 Å². The minimum Gasteiger partial charge on any atom is -0.381 e. The molecule has 0 spiro atoms. The van der Waals surface area contributed by atoms with Crippen molar-refractivity contribution >= 4 is 28.8 Å². The predicted octanol–water partition coefficient (Wildman–Crippen LogP) is 2.73. The Bertz CT molecular complexity index is 855. The number of carbonyl (C=O) groups excluding carboxylic acids is 2.